The first-order valence-corrected chi connectivity index (χ1v) is 6.97. The van der Waals surface area contributed by atoms with Crippen LogP contribution in [0.5, 0.6) is 0 Å². The van der Waals surface area contributed by atoms with Crippen LogP contribution in [0.25, 0.3) is 0 Å². The second kappa shape index (κ2) is 5.09. The molecule has 1 saturated heterocycles. The van der Waals surface area contributed by atoms with E-state index in [4.69, 9.17) is 0 Å². The number of likely N-dealkylation sites (tertiary alicyclic amines) is 1. The van der Waals surface area contributed by atoms with E-state index in [1.807, 2.05) is 19.9 Å². The van der Waals surface area contributed by atoms with Crippen molar-refractivity contribution < 1.29 is 5.11 Å². The summed E-state index contributed by atoms with van der Waals surface area (Å²) < 4.78 is 1.12. The normalized spacial score (nSPS) is 22.0. The van der Waals surface area contributed by atoms with Crippen LogP contribution in [0.1, 0.15) is 32.3 Å². The van der Waals surface area contributed by atoms with Crippen molar-refractivity contribution in [2.24, 2.45) is 0 Å². The fourth-order valence-corrected chi connectivity index (χ4v) is 3.13. The molecule has 94 valence electrons. The second-order valence-corrected chi connectivity index (χ2v) is 6.33. The van der Waals surface area contributed by atoms with Gasteiger partial charge in [0.05, 0.1) is 5.60 Å². The zero-order valence-electron chi connectivity index (χ0n) is 10.5. The Morgan fingerprint density at radius 2 is 2.24 bits per heavy atom. The van der Waals surface area contributed by atoms with Gasteiger partial charge in [0.25, 0.3) is 0 Å². The quantitative estimate of drug-likeness (QED) is 0.926. The maximum absolute atomic E-state index is 10.2. The average Bonchev–Trinajstić information content (AvgIpc) is 2.65. The Bertz CT molecular complexity index is 386. The van der Waals surface area contributed by atoms with Crippen molar-refractivity contribution >= 4 is 15.9 Å². The molecule has 0 bridgehead atoms. The van der Waals surface area contributed by atoms with E-state index in [0.717, 1.165) is 24.0 Å². The molecule has 0 aliphatic carbocycles. The van der Waals surface area contributed by atoms with Crippen LogP contribution in [-0.2, 0) is 6.54 Å². The van der Waals surface area contributed by atoms with Crippen molar-refractivity contribution in [3.8, 4) is 0 Å². The minimum absolute atomic E-state index is 0.279. The van der Waals surface area contributed by atoms with Crippen LogP contribution >= 0.6 is 15.9 Å². The standard InChI is InChI=1S/C14H20BrNO/c1-14(2,17)13-7-4-8-16(13)10-11-5-3-6-12(15)9-11/h3,5-6,9,13,17H,4,7-8,10H2,1-2H3/t13-/m0/s1. The average molecular weight is 298 g/mol. The highest BCUT2D eigenvalue weighted by atomic mass is 79.9. The van der Waals surface area contributed by atoms with Crippen LogP contribution in [-0.4, -0.2) is 28.2 Å². The van der Waals surface area contributed by atoms with E-state index in [-0.39, 0.29) is 6.04 Å². The number of halogens is 1. The van der Waals surface area contributed by atoms with E-state index >= 15 is 0 Å². The van der Waals surface area contributed by atoms with E-state index < -0.39 is 5.60 Å². The molecule has 2 rings (SSSR count). The molecule has 0 aromatic heterocycles. The molecule has 1 aliphatic rings. The predicted molar refractivity (Wildman–Crippen MR) is 73.9 cm³/mol. The lowest BCUT2D eigenvalue weighted by Crippen LogP contribution is -2.45. The van der Waals surface area contributed by atoms with Gasteiger partial charge in [-0.05, 0) is 50.9 Å². The second-order valence-electron chi connectivity index (χ2n) is 5.41. The summed E-state index contributed by atoms with van der Waals surface area (Å²) in [5.41, 5.74) is 0.693. The largest absolute Gasteiger partial charge is 0.389 e. The molecule has 1 atom stereocenters. The summed E-state index contributed by atoms with van der Waals surface area (Å²) in [6.45, 7) is 5.84. The van der Waals surface area contributed by atoms with E-state index in [1.54, 1.807) is 0 Å². The number of rotatable bonds is 3. The molecule has 0 spiro atoms. The molecule has 1 aromatic rings. The van der Waals surface area contributed by atoms with Gasteiger partial charge in [0.15, 0.2) is 0 Å². The molecule has 1 N–H and O–H groups in total. The minimum Gasteiger partial charge on any atom is -0.389 e. The summed E-state index contributed by atoms with van der Waals surface area (Å²) >= 11 is 3.50. The summed E-state index contributed by atoms with van der Waals surface area (Å²) in [6, 6.07) is 8.68. The molecule has 2 nitrogen and oxygen atoms in total. The first kappa shape index (κ1) is 13.1. The van der Waals surface area contributed by atoms with Crippen molar-refractivity contribution in [1.82, 2.24) is 4.90 Å². The van der Waals surface area contributed by atoms with E-state index in [0.29, 0.717) is 0 Å². The summed E-state index contributed by atoms with van der Waals surface area (Å²) in [4.78, 5) is 2.39. The zero-order chi connectivity index (χ0) is 12.5. The molecule has 17 heavy (non-hydrogen) atoms. The fourth-order valence-electron chi connectivity index (χ4n) is 2.69. The lowest BCUT2D eigenvalue weighted by molar-refractivity contribution is -0.00501. The van der Waals surface area contributed by atoms with Crippen molar-refractivity contribution in [2.45, 2.75) is 44.9 Å². The summed E-state index contributed by atoms with van der Waals surface area (Å²) in [5, 5.41) is 10.2. The first-order valence-electron chi connectivity index (χ1n) is 6.18. The lowest BCUT2D eigenvalue weighted by atomic mass is 9.96. The van der Waals surface area contributed by atoms with Gasteiger partial charge in [-0.15, -0.1) is 0 Å². The van der Waals surface area contributed by atoms with Gasteiger partial charge in [-0.3, -0.25) is 4.90 Å². The lowest BCUT2D eigenvalue weighted by Gasteiger charge is -2.33. The Morgan fingerprint density at radius 1 is 1.47 bits per heavy atom. The van der Waals surface area contributed by atoms with Crippen LogP contribution in [0, 0.1) is 0 Å². The first-order chi connectivity index (χ1) is 7.97. The molecule has 1 fully saturated rings. The van der Waals surface area contributed by atoms with Crippen molar-refractivity contribution in [3.05, 3.63) is 34.3 Å². The van der Waals surface area contributed by atoms with Crippen molar-refractivity contribution in [1.29, 1.82) is 0 Å². The van der Waals surface area contributed by atoms with Crippen LogP contribution in [0.15, 0.2) is 28.7 Å². The number of benzene rings is 1. The maximum atomic E-state index is 10.2. The molecule has 0 amide bonds. The SMILES string of the molecule is CC(C)(O)[C@@H]1CCCN1Cc1cccc(Br)c1. The molecule has 1 heterocycles. The van der Waals surface area contributed by atoms with Crippen molar-refractivity contribution in [3.63, 3.8) is 0 Å². The van der Waals surface area contributed by atoms with Gasteiger partial charge in [-0.2, -0.15) is 0 Å². The Kier molecular flexibility index (Phi) is 3.91. The highest BCUT2D eigenvalue weighted by molar-refractivity contribution is 9.10. The molecule has 3 heteroatoms. The topological polar surface area (TPSA) is 23.5 Å². The number of hydrogen-bond acceptors (Lipinski definition) is 2. The van der Waals surface area contributed by atoms with E-state index in [2.05, 4.69) is 39.0 Å². The smallest absolute Gasteiger partial charge is 0.0746 e. The third-order valence-electron chi connectivity index (χ3n) is 3.45. The summed E-state index contributed by atoms with van der Waals surface area (Å²) in [7, 11) is 0. The van der Waals surface area contributed by atoms with Gasteiger partial charge in [-0.25, -0.2) is 0 Å². The Balaban J connectivity index is 2.08. The molecule has 0 saturated carbocycles. The van der Waals surface area contributed by atoms with Crippen LogP contribution in [0.2, 0.25) is 0 Å². The minimum atomic E-state index is -0.609. The zero-order valence-corrected chi connectivity index (χ0v) is 12.1. The van der Waals surface area contributed by atoms with Gasteiger partial charge in [0.1, 0.15) is 0 Å². The number of hydrogen-bond donors (Lipinski definition) is 1. The van der Waals surface area contributed by atoms with Crippen LogP contribution < -0.4 is 0 Å². The summed E-state index contributed by atoms with van der Waals surface area (Å²) in [6.07, 6.45) is 2.28. The van der Waals surface area contributed by atoms with Crippen molar-refractivity contribution in [2.75, 3.05) is 6.54 Å². The number of aliphatic hydroxyl groups is 1. The Morgan fingerprint density at radius 3 is 2.88 bits per heavy atom. The Hall–Kier alpha value is -0.380. The van der Waals surface area contributed by atoms with Crippen LogP contribution in [0.4, 0.5) is 0 Å². The molecule has 1 aromatic carbocycles. The maximum Gasteiger partial charge on any atom is 0.0746 e. The predicted octanol–water partition coefficient (Wildman–Crippen LogP) is 3.18. The van der Waals surface area contributed by atoms with Gasteiger partial charge in [0, 0.05) is 17.1 Å². The Labute approximate surface area is 112 Å². The third-order valence-corrected chi connectivity index (χ3v) is 3.95. The number of nitrogens with zero attached hydrogens (tertiary/aromatic N) is 1. The monoisotopic (exact) mass is 297 g/mol. The fraction of sp³-hybridized carbons (Fsp3) is 0.571. The molecular formula is C14H20BrNO. The van der Waals surface area contributed by atoms with Gasteiger partial charge in [0.2, 0.25) is 0 Å². The molecular weight excluding hydrogens is 278 g/mol. The molecule has 1 aliphatic heterocycles. The molecule has 0 unspecified atom stereocenters. The van der Waals surface area contributed by atoms with Gasteiger partial charge < -0.3 is 5.11 Å². The van der Waals surface area contributed by atoms with Gasteiger partial charge in [-0.1, -0.05) is 28.1 Å². The molecule has 0 radical (unpaired) electrons. The van der Waals surface area contributed by atoms with Crippen LogP contribution in [0.3, 0.4) is 0 Å². The highest BCUT2D eigenvalue weighted by Gasteiger charge is 2.35. The summed E-state index contributed by atoms with van der Waals surface area (Å²) in [5.74, 6) is 0. The van der Waals surface area contributed by atoms with Gasteiger partial charge >= 0.3 is 0 Å². The van der Waals surface area contributed by atoms with E-state index in [9.17, 15) is 5.11 Å². The third kappa shape index (κ3) is 3.30. The highest BCUT2D eigenvalue weighted by Crippen LogP contribution is 2.28. The van der Waals surface area contributed by atoms with E-state index in [1.165, 1.54) is 12.0 Å².